The monoisotopic (exact) mass is 277 g/mol. The standard InChI is InChI=1S/C13H19N5S/c1-19-8-2-6-18-7-3-10-11(17-9-16-10)12(18)13-14-4-5-15-13/h4-5,9,12H,2-3,6-8H2,1H3,(H,14,15)(H,16,17). The number of aromatic amines is 2. The lowest BCUT2D eigenvalue weighted by molar-refractivity contribution is 0.204. The van der Waals surface area contributed by atoms with Crippen LogP contribution in [0, 0.1) is 0 Å². The normalized spacial score (nSPS) is 19.5. The van der Waals surface area contributed by atoms with E-state index in [2.05, 4.69) is 31.1 Å². The van der Waals surface area contributed by atoms with Gasteiger partial charge >= 0.3 is 0 Å². The molecule has 3 heterocycles. The third kappa shape index (κ3) is 2.55. The second-order valence-electron chi connectivity index (χ2n) is 4.78. The molecule has 0 aromatic carbocycles. The van der Waals surface area contributed by atoms with Crippen molar-refractivity contribution in [1.29, 1.82) is 0 Å². The second-order valence-corrected chi connectivity index (χ2v) is 5.76. The van der Waals surface area contributed by atoms with Gasteiger partial charge in [0.15, 0.2) is 0 Å². The number of thioether (sulfide) groups is 1. The molecule has 1 aliphatic heterocycles. The van der Waals surface area contributed by atoms with Crippen LogP contribution in [0.25, 0.3) is 0 Å². The molecule has 3 rings (SSSR count). The molecule has 2 aromatic heterocycles. The summed E-state index contributed by atoms with van der Waals surface area (Å²) in [4.78, 5) is 17.9. The van der Waals surface area contributed by atoms with Crippen LogP contribution in [0.3, 0.4) is 0 Å². The van der Waals surface area contributed by atoms with Crippen molar-refractivity contribution < 1.29 is 0 Å². The summed E-state index contributed by atoms with van der Waals surface area (Å²) in [5.74, 6) is 2.20. The zero-order valence-corrected chi connectivity index (χ0v) is 11.9. The highest BCUT2D eigenvalue weighted by Crippen LogP contribution is 2.31. The van der Waals surface area contributed by atoms with Crippen LogP contribution in [-0.2, 0) is 6.42 Å². The summed E-state index contributed by atoms with van der Waals surface area (Å²) >= 11 is 1.90. The molecule has 19 heavy (non-hydrogen) atoms. The highest BCUT2D eigenvalue weighted by atomic mass is 32.2. The predicted octanol–water partition coefficient (Wildman–Crippen LogP) is 1.83. The lowest BCUT2D eigenvalue weighted by Gasteiger charge is -2.33. The van der Waals surface area contributed by atoms with E-state index in [1.807, 2.05) is 24.2 Å². The zero-order chi connectivity index (χ0) is 13.1. The van der Waals surface area contributed by atoms with Crippen molar-refractivity contribution in [1.82, 2.24) is 24.8 Å². The van der Waals surface area contributed by atoms with Gasteiger partial charge in [0.25, 0.3) is 0 Å². The Morgan fingerprint density at radius 3 is 3.16 bits per heavy atom. The average Bonchev–Trinajstić information content (AvgIpc) is 3.09. The van der Waals surface area contributed by atoms with Gasteiger partial charge in [0.2, 0.25) is 0 Å². The Morgan fingerprint density at radius 1 is 1.42 bits per heavy atom. The van der Waals surface area contributed by atoms with Crippen LogP contribution in [0.4, 0.5) is 0 Å². The summed E-state index contributed by atoms with van der Waals surface area (Å²) in [6.45, 7) is 2.16. The highest BCUT2D eigenvalue weighted by Gasteiger charge is 2.32. The smallest absolute Gasteiger partial charge is 0.129 e. The first-order valence-corrected chi connectivity index (χ1v) is 8.04. The first kappa shape index (κ1) is 12.7. The number of fused-ring (bicyclic) bond motifs is 1. The molecule has 1 atom stereocenters. The second kappa shape index (κ2) is 5.79. The Bertz CT molecular complexity index is 507. The minimum atomic E-state index is 0.173. The maximum atomic E-state index is 4.51. The summed E-state index contributed by atoms with van der Waals surface area (Å²) < 4.78 is 0. The minimum Gasteiger partial charge on any atom is -0.348 e. The van der Waals surface area contributed by atoms with Gasteiger partial charge in [-0.05, 0) is 18.4 Å². The van der Waals surface area contributed by atoms with E-state index in [4.69, 9.17) is 0 Å². The SMILES string of the molecule is CSCCCN1CCc2[nH]cnc2C1c1ncc[nH]1. The maximum absolute atomic E-state index is 4.51. The van der Waals surface area contributed by atoms with E-state index in [0.717, 1.165) is 31.0 Å². The summed E-state index contributed by atoms with van der Waals surface area (Å²) in [5.41, 5.74) is 2.38. The maximum Gasteiger partial charge on any atom is 0.129 e. The van der Waals surface area contributed by atoms with E-state index in [-0.39, 0.29) is 6.04 Å². The Labute approximate surface area is 117 Å². The number of hydrogen-bond acceptors (Lipinski definition) is 4. The first-order valence-electron chi connectivity index (χ1n) is 6.64. The van der Waals surface area contributed by atoms with E-state index in [9.17, 15) is 0 Å². The number of nitrogens with one attached hydrogen (secondary N) is 2. The Kier molecular flexibility index (Phi) is 3.89. The lowest BCUT2D eigenvalue weighted by Crippen LogP contribution is -2.37. The molecular formula is C13H19N5S. The molecule has 1 aliphatic rings. The van der Waals surface area contributed by atoms with Gasteiger partial charge in [-0.2, -0.15) is 11.8 Å². The van der Waals surface area contributed by atoms with E-state index in [0.29, 0.717) is 0 Å². The summed E-state index contributed by atoms with van der Waals surface area (Å²) in [6.07, 6.45) is 9.91. The van der Waals surface area contributed by atoms with Crippen LogP contribution in [0.5, 0.6) is 0 Å². The van der Waals surface area contributed by atoms with Crippen LogP contribution >= 0.6 is 11.8 Å². The molecule has 0 spiro atoms. The van der Waals surface area contributed by atoms with Crippen LogP contribution in [0.2, 0.25) is 0 Å². The van der Waals surface area contributed by atoms with Crippen LogP contribution in [0.15, 0.2) is 18.7 Å². The van der Waals surface area contributed by atoms with Crippen molar-refractivity contribution in [2.75, 3.05) is 25.1 Å². The number of hydrogen-bond donors (Lipinski definition) is 2. The van der Waals surface area contributed by atoms with Gasteiger partial charge in [-0.25, -0.2) is 9.97 Å². The molecule has 6 heteroatoms. The van der Waals surface area contributed by atoms with Gasteiger partial charge in [-0.1, -0.05) is 0 Å². The van der Waals surface area contributed by atoms with Gasteiger partial charge in [0.1, 0.15) is 11.9 Å². The fourth-order valence-electron chi connectivity index (χ4n) is 2.71. The fraction of sp³-hybridized carbons (Fsp3) is 0.538. The summed E-state index contributed by atoms with van der Waals surface area (Å²) in [6, 6.07) is 0.173. The third-order valence-electron chi connectivity index (χ3n) is 3.60. The van der Waals surface area contributed by atoms with Crippen molar-refractivity contribution in [3.05, 3.63) is 35.9 Å². The Morgan fingerprint density at radius 2 is 2.37 bits per heavy atom. The van der Waals surface area contributed by atoms with E-state index in [1.54, 1.807) is 6.33 Å². The summed E-state index contributed by atoms with van der Waals surface area (Å²) in [7, 11) is 0. The highest BCUT2D eigenvalue weighted by molar-refractivity contribution is 7.98. The number of rotatable bonds is 5. The van der Waals surface area contributed by atoms with Crippen LogP contribution < -0.4 is 0 Å². The van der Waals surface area contributed by atoms with Crippen molar-refractivity contribution in [3.63, 3.8) is 0 Å². The molecule has 0 radical (unpaired) electrons. The van der Waals surface area contributed by atoms with Crippen molar-refractivity contribution in [2.45, 2.75) is 18.9 Å². The number of nitrogens with zero attached hydrogens (tertiary/aromatic N) is 3. The van der Waals surface area contributed by atoms with E-state index in [1.165, 1.54) is 17.9 Å². The van der Waals surface area contributed by atoms with Gasteiger partial charge in [-0.3, -0.25) is 4.90 Å². The van der Waals surface area contributed by atoms with Gasteiger partial charge in [-0.15, -0.1) is 0 Å². The molecule has 0 bridgehead atoms. The van der Waals surface area contributed by atoms with Gasteiger partial charge < -0.3 is 9.97 Å². The fourth-order valence-corrected chi connectivity index (χ4v) is 3.13. The van der Waals surface area contributed by atoms with Crippen molar-refractivity contribution in [3.8, 4) is 0 Å². The minimum absolute atomic E-state index is 0.173. The number of aromatic nitrogens is 4. The predicted molar refractivity (Wildman–Crippen MR) is 77.3 cm³/mol. The molecule has 2 aromatic rings. The molecule has 102 valence electrons. The lowest BCUT2D eigenvalue weighted by atomic mass is 10.0. The zero-order valence-electron chi connectivity index (χ0n) is 11.1. The molecule has 5 nitrogen and oxygen atoms in total. The Hall–Kier alpha value is -1.27. The van der Waals surface area contributed by atoms with Gasteiger partial charge in [0, 0.05) is 37.6 Å². The average molecular weight is 277 g/mol. The molecule has 0 saturated heterocycles. The van der Waals surface area contributed by atoms with E-state index < -0.39 is 0 Å². The molecular weight excluding hydrogens is 258 g/mol. The largest absolute Gasteiger partial charge is 0.348 e. The molecule has 0 amide bonds. The topological polar surface area (TPSA) is 60.6 Å². The number of imidazole rings is 2. The number of H-pyrrole nitrogens is 2. The van der Waals surface area contributed by atoms with Crippen LogP contribution in [0.1, 0.15) is 29.7 Å². The molecule has 0 aliphatic carbocycles. The first-order chi connectivity index (χ1) is 9.40. The van der Waals surface area contributed by atoms with Gasteiger partial charge in [0.05, 0.1) is 12.0 Å². The quantitative estimate of drug-likeness (QED) is 0.819. The third-order valence-corrected chi connectivity index (χ3v) is 4.29. The molecule has 1 unspecified atom stereocenters. The van der Waals surface area contributed by atoms with Crippen molar-refractivity contribution in [2.24, 2.45) is 0 Å². The molecule has 2 N–H and O–H groups in total. The summed E-state index contributed by atoms with van der Waals surface area (Å²) in [5, 5.41) is 0. The molecule has 0 fully saturated rings. The van der Waals surface area contributed by atoms with Crippen molar-refractivity contribution >= 4 is 11.8 Å². The van der Waals surface area contributed by atoms with E-state index >= 15 is 0 Å². The van der Waals surface area contributed by atoms with Crippen LogP contribution in [-0.4, -0.2) is 49.9 Å². The molecule has 0 saturated carbocycles. The Balaban J connectivity index is 1.84.